The molecule has 1 saturated carbocycles. The molecule has 2 N–H and O–H groups in total. The lowest BCUT2D eigenvalue weighted by Gasteiger charge is -2.17. The van der Waals surface area contributed by atoms with E-state index in [2.05, 4.69) is 25.5 Å². The number of aryl methyl sites for hydroxylation is 1. The first-order chi connectivity index (χ1) is 14.2. The number of nitrogens with one attached hydrogen (secondary N) is 2. The standard InChI is InChI=1S/C23H31N5O/c1-17-16-21(27-23(24-17)28-14-4-5-15-28)25-19-9-11-20(12-10-19)26-22(29)13-8-18-6-2-3-7-18/h9-12,16,18H,2-8,13-15H2,1H3,(H,26,29)(H,24,25,27). The van der Waals surface area contributed by atoms with E-state index in [4.69, 9.17) is 0 Å². The largest absolute Gasteiger partial charge is 0.341 e. The Kier molecular flexibility index (Phi) is 6.27. The van der Waals surface area contributed by atoms with Gasteiger partial charge < -0.3 is 15.5 Å². The molecular weight excluding hydrogens is 362 g/mol. The molecule has 2 heterocycles. The number of benzene rings is 1. The normalized spacial score (nSPS) is 16.9. The van der Waals surface area contributed by atoms with Gasteiger partial charge in [0.25, 0.3) is 0 Å². The molecule has 1 amide bonds. The fourth-order valence-electron chi connectivity index (χ4n) is 4.32. The maximum Gasteiger partial charge on any atom is 0.227 e. The summed E-state index contributed by atoms with van der Waals surface area (Å²) in [5.41, 5.74) is 2.73. The number of carbonyl (C=O) groups excluding carboxylic acids is 1. The van der Waals surface area contributed by atoms with Crippen LogP contribution in [0.5, 0.6) is 0 Å². The first-order valence-electron chi connectivity index (χ1n) is 10.9. The molecule has 0 bridgehead atoms. The minimum absolute atomic E-state index is 0.110. The zero-order chi connectivity index (χ0) is 20.1. The van der Waals surface area contributed by atoms with E-state index in [0.29, 0.717) is 6.42 Å². The van der Waals surface area contributed by atoms with Crippen LogP contribution in [0.3, 0.4) is 0 Å². The Morgan fingerprint density at radius 3 is 2.45 bits per heavy atom. The molecule has 1 aliphatic carbocycles. The van der Waals surface area contributed by atoms with Crippen LogP contribution < -0.4 is 15.5 Å². The maximum atomic E-state index is 12.2. The highest BCUT2D eigenvalue weighted by Crippen LogP contribution is 2.28. The van der Waals surface area contributed by atoms with Crippen LogP contribution in [0.2, 0.25) is 0 Å². The van der Waals surface area contributed by atoms with E-state index in [1.165, 1.54) is 38.5 Å². The first-order valence-corrected chi connectivity index (χ1v) is 10.9. The molecule has 1 saturated heterocycles. The molecule has 0 spiro atoms. The minimum Gasteiger partial charge on any atom is -0.341 e. The third-order valence-corrected chi connectivity index (χ3v) is 5.93. The second-order valence-electron chi connectivity index (χ2n) is 8.33. The molecule has 2 fully saturated rings. The highest BCUT2D eigenvalue weighted by atomic mass is 16.1. The summed E-state index contributed by atoms with van der Waals surface area (Å²) in [4.78, 5) is 23.7. The number of hydrogen-bond acceptors (Lipinski definition) is 5. The topological polar surface area (TPSA) is 70.2 Å². The molecule has 1 aliphatic heterocycles. The Bertz CT molecular complexity index is 824. The van der Waals surface area contributed by atoms with Crippen molar-refractivity contribution in [3.8, 4) is 0 Å². The quantitative estimate of drug-likeness (QED) is 0.690. The van der Waals surface area contributed by atoms with Crippen LogP contribution in [0.1, 0.15) is 57.1 Å². The highest BCUT2D eigenvalue weighted by Gasteiger charge is 2.17. The molecule has 6 nitrogen and oxygen atoms in total. The summed E-state index contributed by atoms with van der Waals surface area (Å²) in [5, 5.41) is 6.37. The molecule has 154 valence electrons. The Balaban J connectivity index is 1.32. The van der Waals surface area contributed by atoms with Crippen LogP contribution in [0.25, 0.3) is 0 Å². The van der Waals surface area contributed by atoms with Crippen LogP contribution in [0, 0.1) is 12.8 Å². The van der Waals surface area contributed by atoms with E-state index >= 15 is 0 Å². The monoisotopic (exact) mass is 393 g/mol. The summed E-state index contributed by atoms with van der Waals surface area (Å²) < 4.78 is 0. The van der Waals surface area contributed by atoms with Crippen molar-refractivity contribution in [2.24, 2.45) is 5.92 Å². The summed E-state index contributed by atoms with van der Waals surface area (Å²) >= 11 is 0. The van der Waals surface area contributed by atoms with Gasteiger partial charge in [0.2, 0.25) is 11.9 Å². The summed E-state index contributed by atoms with van der Waals surface area (Å²) in [7, 11) is 0. The maximum absolute atomic E-state index is 12.2. The fraction of sp³-hybridized carbons (Fsp3) is 0.522. The zero-order valence-corrected chi connectivity index (χ0v) is 17.3. The predicted molar refractivity (Wildman–Crippen MR) is 118 cm³/mol. The van der Waals surface area contributed by atoms with Gasteiger partial charge in [-0.25, -0.2) is 4.98 Å². The van der Waals surface area contributed by atoms with Gasteiger partial charge in [-0.1, -0.05) is 25.7 Å². The van der Waals surface area contributed by atoms with Crippen LogP contribution in [-0.4, -0.2) is 29.0 Å². The van der Waals surface area contributed by atoms with Gasteiger partial charge in [-0.05, 0) is 56.4 Å². The lowest BCUT2D eigenvalue weighted by Crippen LogP contribution is -2.21. The van der Waals surface area contributed by atoms with Gasteiger partial charge in [0.05, 0.1) is 0 Å². The van der Waals surface area contributed by atoms with E-state index in [1.54, 1.807) is 0 Å². The van der Waals surface area contributed by atoms with Crippen molar-refractivity contribution in [3.05, 3.63) is 36.0 Å². The highest BCUT2D eigenvalue weighted by molar-refractivity contribution is 5.90. The van der Waals surface area contributed by atoms with Crippen LogP contribution in [-0.2, 0) is 4.79 Å². The van der Waals surface area contributed by atoms with E-state index in [0.717, 1.165) is 54.3 Å². The summed E-state index contributed by atoms with van der Waals surface area (Å²) in [6.07, 6.45) is 9.26. The average Bonchev–Trinajstić information content (AvgIpc) is 3.42. The van der Waals surface area contributed by atoms with E-state index in [1.807, 2.05) is 37.3 Å². The second kappa shape index (κ2) is 9.25. The summed E-state index contributed by atoms with van der Waals surface area (Å²) in [6.45, 7) is 4.05. The second-order valence-corrected chi connectivity index (χ2v) is 8.33. The minimum atomic E-state index is 0.110. The Labute approximate surface area is 173 Å². The summed E-state index contributed by atoms with van der Waals surface area (Å²) in [6, 6.07) is 9.77. The molecule has 2 aliphatic rings. The molecular formula is C23H31N5O. The molecule has 2 aromatic rings. The number of amides is 1. The van der Waals surface area contributed by atoms with Crippen molar-refractivity contribution < 1.29 is 4.79 Å². The van der Waals surface area contributed by atoms with Crippen LogP contribution >= 0.6 is 0 Å². The zero-order valence-electron chi connectivity index (χ0n) is 17.3. The lowest BCUT2D eigenvalue weighted by atomic mass is 10.0. The van der Waals surface area contributed by atoms with Gasteiger partial charge in [0.1, 0.15) is 5.82 Å². The number of aromatic nitrogens is 2. The van der Waals surface area contributed by atoms with Crippen molar-refractivity contribution >= 4 is 29.0 Å². The lowest BCUT2D eigenvalue weighted by molar-refractivity contribution is -0.116. The van der Waals surface area contributed by atoms with Gasteiger partial charge in [0, 0.05) is 42.6 Å². The van der Waals surface area contributed by atoms with Gasteiger partial charge >= 0.3 is 0 Å². The van der Waals surface area contributed by atoms with Crippen molar-refractivity contribution in [1.82, 2.24) is 9.97 Å². The molecule has 0 atom stereocenters. The number of rotatable bonds is 7. The smallest absolute Gasteiger partial charge is 0.227 e. The molecule has 0 unspecified atom stereocenters. The Hall–Kier alpha value is -2.63. The average molecular weight is 394 g/mol. The van der Waals surface area contributed by atoms with Gasteiger partial charge in [-0.15, -0.1) is 0 Å². The Morgan fingerprint density at radius 1 is 1.03 bits per heavy atom. The van der Waals surface area contributed by atoms with E-state index < -0.39 is 0 Å². The van der Waals surface area contributed by atoms with Crippen LogP contribution in [0.15, 0.2) is 30.3 Å². The van der Waals surface area contributed by atoms with Gasteiger partial charge in [0.15, 0.2) is 0 Å². The number of anilines is 4. The van der Waals surface area contributed by atoms with Gasteiger partial charge in [-0.3, -0.25) is 4.79 Å². The van der Waals surface area contributed by atoms with Gasteiger partial charge in [-0.2, -0.15) is 4.98 Å². The molecule has 0 radical (unpaired) electrons. The number of carbonyl (C=O) groups is 1. The van der Waals surface area contributed by atoms with Crippen molar-refractivity contribution in [1.29, 1.82) is 0 Å². The molecule has 29 heavy (non-hydrogen) atoms. The van der Waals surface area contributed by atoms with E-state index in [9.17, 15) is 4.79 Å². The molecule has 1 aromatic heterocycles. The molecule has 1 aromatic carbocycles. The third kappa shape index (κ3) is 5.46. The van der Waals surface area contributed by atoms with Crippen LogP contribution in [0.4, 0.5) is 23.1 Å². The number of nitrogens with zero attached hydrogens (tertiary/aromatic N) is 3. The SMILES string of the molecule is Cc1cc(Nc2ccc(NC(=O)CCC3CCCC3)cc2)nc(N2CCCC2)n1. The van der Waals surface area contributed by atoms with Crippen molar-refractivity contribution in [3.63, 3.8) is 0 Å². The fourth-order valence-corrected chi connectivity index (χ4v) is 4.32. The first kappa shape index (κ1) is 19.7. The van der Waals surface area contributed by atoms with Crippen molar-refractivity contribution in [2.45, 2.75) is 58.3 Å². The Morgan fingerprint density at radius 2 is 1.72 bits per heavy atom. The predicted octanol–water partition coefficient (Wildman–Crippen LogP) is 5.04. The van der Waals surface area contributed by atoms with E-state index in [-0.39, 0.29) is 5.91 Å². The number of hydrogen-bond donors (Lipinski definition) is 2. The molecule has 6 heteroatoms. The summed E-state index contributed by atoms with van der Waals surface area (Å²) in [5.74, 6) is 2.46. The van der Waals surface area contributed by atoms with Crippen molar-refractivity contribution in [2.75, 3.05) is 28.6 Å². The third-order valence-electron chi connectivity index (χ3n) is 5.93. The molecule has 4 rings (SSSR count).